The van der Waals surface area contributed by atoms with Gasteiger partial charge in [-0.2, -0.15) is 0 Å². The molecule has 12 heteroatoms. The summed E-state index contributed by atoms with van der Waals surface area (Å²) >= 11 is 0. The molecule has 0 aromatic rings. The zero-order valence-corrected chi connectivity index (χ0v) is 24.9. The molecular weight excluding hydrogens is 538 g/mol. The molecule has 41 heavy (non-hydrogen) atoms. The summed E-state index contributed by atoms with van der Waals surface area (Å²) in [7, 11) is 0. The number of nitrogens with one attached hydrogen (secondary N) is 1. The molecule has 0 aromatic heterocycles. The van der Waals surface area contributed by atoms with E-state index in [0.717, 1.165) is 6.92 Å². The first-order valence-electron chi connectivity index (χ1n) is 14.1. The molecule has 1 aliphatic heterocycles. The van der Waals surface area contributed by atoms with Crippen molar-refractivity contribution in [3.8, 4) is 0 Å². The second-order valence-electron chi connectivity index (χ2n) is 13.2. The molecule has 230 valence electrons. The fraction of sp³-hybridized carbons (Fsp3) is 0.793. The highest BCUT2D eigenvalue weighted by molar-refractivity contribution is 5.93. The number of esters is 2. The third kappa shape index (κ3) is 4.45. The van der Waals surface area contributed by atoms with E-state index in [0.29, 0.717) is 5.57 Å². The number of rotatable bonds is 5. The number of Topliss-reactive ketones (excluding diaryl/α,β-unsaturated/α-hetero) is 1. The second-order valence-corrected chi connectivity index (χ2v) is 13.2. The monoisotopic (exact) mass is 581 g/mol. The summed E-state index contributed by atoms with van der Waals surface area (Å²) in [6.45, 7) is 11.6. The molecule has 4 aliphatic rings. The van der Waals surface area contributed by atoms with Crippen LogP contribution in [0.4, 0.5) is 0 Å². The quantitative estimate of drug-likeness (QED) is 0.216. The Balaban J connectivity index is 1.90. The molecule has 0 aromatic carbocycles. The molecule has 2 bridgehead atoms. The smallest absolute Gasteiger partial charge is 0.311 e. The normalized spacial score (nSPS) is 42.8. The Morgan fingerprint density at radius 2 is 1.68 bits per heavy atom. The number of hydrogen-bond donors (Lipinski definition) is 5. The minimum Gasteiger partial charge on any atom is -0.459 e. The Kier molecular flexibility index (Phi) is 7.79. The van der Waals surface area contributed by atoms with Crippen LogP contribution >= 0.6 is 0 Å². The number of ether oxygens (including phenoxy) is 3. The molecule has 5 N–H and O–H groups in total. The van der Waals surface area contributed by atoms with Crippen LogP contribution in [-0.4, -0.2) is 98.4 Å². The molecule has 0 spiro atoms. The van der Waals surface area contributed by atoms with Crippen molar-refractivity contribution < 1.29 is 53.8 Å². The number of carbonyl (C=O) groups excluding carboxylic acids is 4. The maximum absolute atomic E-state index is 14.2. The predicted octanol–water partition coefficient (Wildman–Crippen LogP) is -0.0713. The Hall–Kier alpha value is -2.38. The van der Waals surface area contributed by atoms with E-state index in [1.807, 2.05) is 0 Å². The van der Waals surface area contributed by atoms with E-state index in [1.54, 1.807) is 34.6 Å². The molecular formula is C29H43NO11. The predicted molar refractivity (Wildman–Crippen MR) is 142 cm³/mol. The van der Waals surface area contributed by atoms with Gasteiger partial charge in [0.15, 0.2) is 5.78 Å². The van der Waals surface area contributed by atoms with Crippen molar-refractivity contribution in [3.05, 3.63) is 11.1 Å². The number of hydrogen-bond acceptors (Lipinski definition) is 11. The van der Waals surface area contributed by atoms with Gasteiger partial charge in [0, 0.05) is 44.1 Å². The lowest BCUT2D eigenvalue weighted by Gasteiger charge is -2.66. The molecule has 11 atom stereocenters. The van der Waals surface area contributed by atoms with Gasteiger partial charge in [-0.3, -0.25) is 19.2 Å². The molecule has 12 nitrogen and oxygen atoms in total. The third-order valence-corrected chi connectivity index (χ3v) is 10.5. The number of amides is 1. The van der Waals surface area contributed by atoms with Crippen LogP contribution in [0.15, 0.2) is 11.1 Å². The van der Waals surface area contributed by atoms with E-state index in [2.05, 4.69) is 5.32 Å². The lowest BCUT2D eigenvalue weighted by atomic mass is 9.45. The third-order valence-electron chi connectivity index (χ3n) is 10.5. The summed E-state index contributed by atoms with van der Waals surface area (Å²) in [5.41, 5.74) is -6.70. The van der Waals surface area contributed by atoms with Gasteiger partial charge in [-0.25, -0.2) is 0 Å². The SMILES string of the molecule is CC(=O)N[C@@H](C)C(C)C(=O)OC1C[C@@]2(O)[C@@H](OC(C)=O)[C@@H]3[C@]4(O)CO[C@@H]4C[C@H](O)[C@@]3(C)C(=O)[C@H](O)C(=C1C)C2(C)C. The van der Waals surface area contributed by atoms with Crippen LogP contribution < -0.4 is 5.32 Å². The molecule has 1 saturated heterocycles. The zero-order valence-electron chi connectivity index (χ0n) is 24.9. The second kappa shape index (κ2) is 10.1. The summed E-state index contributed by atoms with van der Waals surface area (Å²) < 4.78 is 17.2. The average Bonchev–Trinajstić information content (AvgIpc) is 2.85. The van der Waals surface area contributed by atoms with Gasteiger partial charge in [-0.05, 0) is 38.8 Å². The van der Waals surface area contributed by atoms with Gasteiger partial charge in [-0.15, -0.1) is 0 Å². The molecule has 0 radical (unpaired) electrons. The van der Waals surface area contributed by atoms with Crippen LogP contribution in [-0.2, 0) is 33.4 Å². The van der Waals surface area contributed by atoms with Crippen LogP contribution in [0.25, 0.3) is 0 Å². The Morgan fingerprint density at radius 1 is 1.07 bits per heavy atom. The number of aliphatic hydroxyl groups excluding tert-OH is 2. The van der Waals surface area contributed by atoms with Gasteiger partial charge in [0.25, 0.3) is 0 Å². The first-order chi connectivity index (χ1) is 18.7. The van der Waals surface area contributed by atoms with Crippen molar-refractivity contribution in [2.24, 2.45) is 22.7 Å². The molecule has 3 fully saturated rings. The van der Waals surface area contributed by atoms with E-state index in [1.165, 1.54) is 13.8 Å². The van der Waals surface area contributed by atoms with E-state index >= 15 is 0 Å². The molecule has 2 saturated carbocycles. The van der Waals surface area contributed by atoms with Crippen LogP contribution in [0.1, 0.15) is 68.2 Å². The summed E-state index contributed by atoms with van der Waals surface area (Å²) in [6.07, 6.45) is -7.24. The molecule has 4 rings (SSSR count). The lowest BCUT2D eigenvalue weighted by Crippen LogP contribution is -2.81. The largest absolute Gasteiger partial charge is 0.459 e. The number of aliphatic hydroxyl groups is 4. The highest BCUT2D eigenvalue weighted by Gasteiger charge is 2.76. The van der Waals surface area contributed by atoms with E-state index in [4.69, 9.17) is 14.2 Å². The standard InChI is InChI=1S/C29H43NO11/c1-12(14(3)30-15(4)31)25(36)41-17-10-29(38)24(40-16(5)32)22-27(8,18(33)9-19-28(22,37)11-39-19)23(35)21(34)20(13(17)2)26(29,6)7/h12,14,17-19,21-22,24,33-34,37-38H,9-11H2,1-8H3,(H,30,31)/t12?,14-,17?,18-,19+,21+,22-,24-,27+,28-,29+/m0/s1. The Labute approximate surface area is 239 Å². The van der Waals surface area contributed by atoms with Crippen molar-refractivity contribution in [1.29, 1.82) is 0 Å². The van der Waals surface area contributed by atoms with Crippen LogP contribution in [0.5, 0.6) is 0 Å². The molecule has 1 amide bonds. The van der Waals surface area contributed by atoms with E-state index in [9.17, 15) is 39.6 Å². The van der Waals surface area contributed by atoms with E-state index in [-0.39, 0.29) is 30.9 Å². The minimum atomic E-state index is -2.09. The lowest BCUT2D eigenvalue weighted by molar-refractivity contribution is -0.345. The summed E-state index contributed by atoms with van der Waals surface area (Å²) in [5, 5.41) is 50.1. The summed E-state index contributed by atoms with van der Waals surface area (Å²) in [4.78, 5) is 51.5. The topological polar surface area (TPSA) is 189 Å². The van der Waals surface area contributed by atoms with Crippen molar-refractivity contribution in [1.82, 2.24) is 5.32 Å². The van der Waals surface area contributed by atoms with Crippen LogP contribution in [0.2, 0.25) is 0 Å². The van der Waals surface area contributed by atoms with Gasteiger partial charge >= 0.3 is 11.9 Å². The van der Waals surface area contributed by atoms with Crippen molar-refractivity contribution in [2.45, 2.75) is 116 Å². The molecule has 3 aliphatic carbocycles. The number of fused-ring (bicyclic) bond motifs is 5. The van der Waals surface area contributed by atoms with Gasteiger partial charge < -0.3 is 40.0 Å². The van der Waals surface area contributed by atoms with Gasteiger partial charge in [-0.1, -0.05) is 13.8 Å². The Bertz CT molecular complexity index is 1180. The van der Waals surface area contributed by atoms with E-state index < -0.39 is 88.2 Å². The van der Waals surface area contributed by atoms with Crippen molar-refractivity contribution >= 4 is 23.6 Å². The van der Waals surface area contributed by atoms with Gasteiger partial charge in [0.05, 0.1) is 30.1 Å². The Morgan fingerprint density at radius 3 is 2.20 bits per heavy atom. The number of ketones is 1. The molecule has 1 heterocycles. The van der Waals surface area contributed by atoms with Gasteiger partial charge in [0.2, 0.25) is 5.91 Å². The number of carbonyl (C=O) groups is 4. The first-order valence-corrected chi connectivity index (χ1v) is 14.1. The van der Waals surface area contributed by atoms with Crippen LogP contribution in [0, 0.1) is 22.7 Å². The average molecular weight is 582 g/mol. The highest BCUT2D eigenvalue weighted by Crippen LogP contribution is 2.63. The summed E-state index contributed by atoms with van der Waals surface area (Å²) in [6, 6.07) is -0.572. The zero-order chi connectivity index (χ0) is 31.0. The minimum absolute atomic E-state index is 0.0830. The maximum atomic E-state index is 14.2. The van der Waals surface area contributed by atoms with Crippen molar-refractivity contribution in [2.75, 3.05) is 6.61 Å². The summed E-state index contributed by atoms with van der Waals surface area (Å²) in [5.74, 6) is -4.78. The van der Waals surface area contributed by atoms with Gasteiger partial charge in [0.1, 0.15) is 29.5 Å². The maximum Gasteiger partial charge on any atom is 0.311 e. The first kappa shape index (κ1) is 31.6. The highest BCUT2D eigenvalue weighted by atomic mass is 16.6. The fourth-order valence-electron chi connectivity index (χ4n) is 7.70. The molecule has 2 unspecified atom stereocenters. The van der Waals surface area contributed by atoms with Crippen molar-refractivity contribution in [3.63, 3.8) is 0 Å². The van der Waals surface area contributed by atoms with Crippen LogP contribution in [0.3, 0.4) is 0 Å². The fourth-order valence-corrected chi connectivity index (χ4v) is 7.70.